The van der Waals surface area contributed by atoms with Gasteiger partial charge in [0.05, 0.1) is 21.8 Å². The lowest BCUT2D eigenvalue weighted by Gasteiger charge is -2.23. The number of hydrogen-bond donors (Lipinski definition) is 1. The summed E-state index contributed by atoms with van der Waals surface area (Å²) >= 11 is 4.52. The molecule has 1 saturated heterocycles. The maximum atomic E-state index is 13.7. The van der Waals surface area contributed by atoms with Crippen molar-refractivity contribution in [1.82, 2.24) is 4.98 Å². The van der Waals surface area contributed by atoms with Gasteiger partial charge in [-0.15, -0.1) is 0 Å². The molecule has 164 valence electrons. The lowest BCUT2D eigenvalue weighted by molar-refractivity contribution is -0.132. The summed E-state index contributed by atoms with van der Waals surface area (Å²) in [6.45, 7) is 1.92. The van der Waals surface area contributed by atoms with Crippen molar-refractivity contribution >= 4 is 60.1 Å². The van der Waals surface area contributed by atoms with Crippen LogP contribution < -0.4 is 4.90 Å². The second-order valence-corrected chi connectivity index (χ2v) is 9.62. The van der Waals surface area contributed by atoms with E-state index in [4.69, 9.17) is 0 Å². The van der Waals surface area contributed by atoms with Gasteiger partial charge in [0.25, 0.3) is 5.78 Å². The number of Topliss-reactive ketones (excluding diaryl/α,β-unsaturated/α-hetero) is 1. The molecule has 33 heavy (non-hydrogen) atoms. The summed E-state index contributed by atoms with van der Waals surface area (Å²) < 4.78 is 15.1. The van der Waals surface area contributed by atoms with E-state index in [0.29, 0.717) is 21.3 Å². The number of anilines is 1. The van der Waals surface area contributed by atoms with Gasteiger partial charge in [0.1, 0.15) is 11.6 Å². The monoisotopic (exact) mass is 522 g/mol. The molecule has 0 spiro atoms. The molecule has 1 aromatic heterocycles. The molecule has 2 heterocycles. The number of nitrogens with zero attached hydrogens (tertiary/aromatic N) is 2. The standard InChI is InChI=1S/C25H16BrFN2O3S/c1-13-2-4-15(5-3-13)22(30)20-21(14-6-8-16(26)9-7-14)29(24(32)23(20)31)25-28-18-11-10-17(27)12-19(18)33-25/h2-12,21,30H,1H3/t21-/m1/s1. The van der Waals surface area contributed by atoms with Crippen LogP contribution in [0.1, 0.15) is 22.7 Å². The number of aliphatic hydroxyl groups excluding tert-OH is 1. The van der Waals surface area contributed by atoms with Gasteiger partial charge < -0.3 is 5.11 Å². The minimum atomic E-state index is -0.884. The Hall–Kier alpha value is -3.36. The van der Waals surface area contributed by atoms with Crippen LogP contribution in [0.2, 0.25) is 0 Å². The summed E-state index contributed by atoms with van der Waals surface area (Å²) in [5.74, 6) is -2.26. The van der Waals surface area contributed by atoms with Crippen molar-refractivity contribution in [2.24, 2.45) is 0 Å². The van der Waals surface area contributed by atoms with Gasteiger partial charge in [-0.05, 0) is 42.8 Å². The van der Waals surface area contributed by atoms with Crippen LogP contribution in [-0.4, -0.2) is 21.8 Å². The molecule has 0 unspecified atom stereocenters. The first-order valence-electron chi connectivity index (χ1n) is 10.0. The molecule has 1 fully saturated rings. The molecule has 5 rings (SSSR count). The molecule has 5 nitrogen and oxygen atoms in total. The summed E-state index contributed by atoms with van der Waals surface area (Å²) in [5.41, 5.74) is 2.57. The first kappa shape index (κ1) is 21.5. The number of fused-ring (bicyclic) bond motifs is 1. The third-order valence-electron chi connectivity index (χ3n) is 5.50. The summed E-state index contributed by atoms with van der Waals surface area (Å²) in [5, 5.41) is 11.4. The first-order valence-corrected chi connectivity index (χ1v) is 11.6. The van der Waals surface area contributed by atoms with Crippen molar-refractivity contribution in [3.63, 3.8) is 0 Å². The van der Waals surface area contributed by atoms with Crippen molar-refractivity contribution in [2.45, 2.75) is 13.0 Å². The van der Waals surface area contributed by atoms with E-state index in [0.717, 1.165) is 21.4 Å². The van der Waals surface area contributed by atoms with Crippen LogP contribution in [0.25, 0.3) is 16.0 Å². The van der Waals surface area contributed by atoms with E-state index in [-0.39, 0.29) is 16.5 Å². The number of carbonyl (C=O) groups is 2. The van der Waals surface area contributed by atoms with Crippen LogP contribution >= 0.6 is 27.3 Å². The summed E-state index contributed by atoms with van der Waals surface area (Å²) in [6.07, 6.45) is 0. The number of thiazole rings is 1. The second-order valence-electron chi connectivity index (χ2n) is 7.70. The second kappa shape index (κ2) is 8.20. The van der Waals surface area contributed by atoms with E-state index in [2.05, 4.69) is 20.9 Å². The highest BCUT2D eigenvalue weighted by Gasteiger charge is 2.48. The van der Waals surface area contributed by atoms with E-state index in [9.17, 15) is 19.1 Å². The van der Waals surface area contributed by atoms with E-state index < -0.39 is 23.5 Å². The van der Waals surface area contributed by atoms with Crippen LogP contribution in [0.4, 0.5) is 9.52 Å². The van der Waals surface area contributed by atoms with Crippen molar-refractivity contribution in [1.29, 1.82) is 0 Å². The van der Waals surface area contributed by atoms with Crippen LogP contribution in [0.15, 0.2) is 76.8 Å². The largest absolute Gasteiger partial charge is 0.507 e. The highest BCUT2D eigenvalue weighted by Crippen LogP contribution is 2.44. The Morgan fingerprint density at radius 2 is 1.76 bits per heavy atom. The molecule has 3 aromatic carbocycles. The number of rotatable bonds is 3. The molecular formula is C25H16BrFN2O3S. The molecule has 1 amide bonds. The number of benzene rings is 3. The fourth-order valence-corrected chi connectivity index (χ4v) is 5.13. The highest BCUT2D eigenvalue weighted by atomic mass is 79.9. The average Bonchev–Trinajstić information content (AvgIpc) is 3.32. The summed E-state index contributed by atoms with van der Waals surface area (Å²) in [7, 11) is 0. The number of amides is 1. The van der Waals surface area contributed by atoms with Gasteiger partial charge in [0.15, 0.2) is 5.13 Å². The van der Waals surface area contributed by atoms with Crippen molar-refractivity contribution in [3.8, 4) is 0 Å². The number of aryl methyl sites for hydroxylation is 1. The molecule has 0 aliphatic carbocycles. The minimum absolute atomic E-state index is 0.0170. The van der Waals surface area contributed by atoms with E-state index in [1.54, 1.807) is 36.4 Å². The lowest BCUT2D eigenvalue weighted by Crippen LogP contribution is -2.29. The number of aromatic nitrogens is 1. The normalized spacial score (nSPS) is 17.8. The topological polar surface area (TPSA) is 70.5 Å². The van der Waals surface area contributed by atoms with E-state index >= 15 is 0 Å². The van der Waals surface area contributed by atoms with Gasteiger partial charge in [-0.25, -0.2) is 9.37 Å². The molecule has 0 radical (unpaired) electrons. The average molecular weight is 523 g/mol. The highest BCUT2D eigenvalue weighted by molar-refractivity contribution is 9.10. The molecule has 0 saturated carbocycles. The van der Waals surface area contributed by atoms with E-state index in [1.807, 2.05) is 19.1 Å². The molecule has 1 atom stereocenters. The fourth-order valence-electron chi connectivity index (χ4n) is 3.85. The van der Waals surface area contributed by atoms with Gasteiger partial charge >= 0.3 is 5.91 Å². The minimum Gasteiger partial charge on any atom is -0.507 e. The number of hydrogen-bond acceptors (Lipinski definition) is 5. The number of ketones is 1. The molecule has 1 aliphatic heterocycles. The predicted molar refractivity (Wildman–Crippen MR) is 130 cm³/mol. The number of aliphatic hydroxyl groups is 1. The zero-order valence-corrected chi connectivity index (χ0v) is 19.7. The quantitative estimate of drug-likeness (QED) is 0.199. The fraction of sp³-hybridized carbons (Fsp3) is 0.0800. The van der Waals surface area contributed by atoms with Crippen molar-refractivity contribution in [2.75, 3.05) is 4.90 Å². The SMILES string of the molecule is Cc1ccc(C(O)=C2C(=O)C(=O)N(c3nc4ccc(F)cc4s3)[C@@H]2c2ccc(Br)cc2)cc1. The third kappa shape index (κ3) is 3.75. The first-order chi connectivity index (χ1) is 15.8. The van der Waals surface area contributed by atoms with E-state index in [1.165, 1.54) is 23.1 Å². The third-order valence-corrected chi connectivity index (χ3v) is 7.05. The zero-order valence-electron chi connectivity index (χ0n) is 17.3. The number of halogens is 2. The number of carbonyl (C=O) groups excluding carboxylic acids is 2. The Balaban J connectivity index is 1.73. The predicted octanol–water partition coefficient (Wildman–Crippen LogP) is 6.13. The molecule has 1 aliphatic rings. The Morgan fingerprint density at radius 1 is 1.06 bits per heavy atom. The molecule has 0 bridgehead atoms. The van der Waals surface area contributed by atoms with Gasteiger partial charge in [-0.1, -0.05) is 69.2 Å². The smallest absolute Gasteiger partial charge is 0.301 e. The van der Waals surface area contributed by atoms with Crippen LogP contribution in [0.5, 0.6) is 0 Å². The Bertz CT molecular complexity index is 1450. The van der Waals surface area contributed by atoms with Crippen LogP contribution in [0.3, 0.4) is 0 Å². The summed E-state index contributed by atoms with van der Waals surface area (Å²) in [6, 6.07) is 17.5. The van der Waals surface area contributed by atoms with Crippen molar-refractivity contribution in [3.05, 3.63) is 99.3 Å². The van der Waals surface area contributed by atoms with Gasteiger partial charge in [-0.2, -0.15) is 0 Å². The maximum absolute atomic E-state index is 13.7. The Labute approximate surface area is 200 Å². The zero-order chi connectivity index (χ0) is 23.3. The molecule has 8 heteroatoms. The lowest BCUT2D eigenvalue weighted by atomic mass is 9.95. The van der Waals surface area contributed by atoms with Gasteiger partial charge in [0.2, 0.25) is 0 Å². The molecule has 1 N–H and O–H groups in total. The van der Waals surface area contributed by atoms with Crippen LogP contribution in [0, 0.1) is 12.7 Å². The Morgan fingerprint density at radius 3 is 2.45 bits per heavy atom. The molecule has 4 aromatic rings. The summed E-state index contributed by atoms with van der Waals surface area (Å²) in [4.78, 5) is 32.2. The van der Waals surface area contributed by atoms with Gasteiger partial charge in [0, 0.05) is 10.0 Å². The maximum Gasteiger partial charge on any atom is 0.301 e. The van der Waals surface area contributed by atoms with Crippen LogP contribution in [-0.2, 0) is 9.59 Å². The molecular weight excluding hydrogens is 507 g/mol. The van der Waals surface area contributed by atoms with Gasteiger partial charge in [-0.3, -0.25) is 14.5 Å². The van der Waals surface area contributed by atoms with Crippen molar-refractivity contribution < 1.29 is 19.1 Å². The Kier molecular flexibility index (Phi) is 5.34.